The Bertz CT molecular complexity index is 337. The molecule has 1 saturated heterocycles. The third-order valence-corrected chi connectivity index (χ3v) is 5.00. The SMILES string of the molecule is CC(C)C1NC(C2CCCC2)N(CCCCN(C)C)C1=O. The van der Waals surface area contributed by atoms with Crippen molar-refractivity contribution in [2.45, 2.75) is 64.6 Å². The number of hydrogen-bond donors (Lipinski definition) is 1. The highest BCUT2D eigenvalue weighted by Crippen LogP contribution is 2.33. The fourth-order valence-electron chi connectivity index (χ4n) is 3.76. The molecule has 2 aliphatic rings. The van der Waals surface area contributed by atoms with E-state index >= 15 is 0 Å². The molecule has 4 nitrogen and oxygen atoms in total. The number of rotatable bonds is 7. The lowest BCUT2D eigenvalue weighted by Crippen LogP contribution is -2.43. The number of amides is 1. The predicted octanol–water partition coefficient (Wildman–Crippen LogP) is 2.30. The number of hydrogen-bond acceptors (Lipinski definition) is 3. The monoisotopic (exact) mass is 295 g/mol. The Labute approximate surface area is 130 Å². The number of carbonyl (C=O) groups is 1. The molecule has 2 rings (SSSR count). The Morgan fingerprint density at radius 3 is 2.48 bits per heavy atom. The van der Waals surface area contributed by atoms with Gasteiger partial charge in [-0.2, -0.15) is 0 Å². The summed E-state index contributed by atoms with van der Waals surface area (Å²) in [6.07, 6.45) is 7.80. The summed E-state index contributed by atoms with van der Waals surface area (Å²) < 4.78 is 0. The van der Waals surface area contributed by atoms with Crippen LogP contribution in [0.25, 0.3) is 0 Å². The fourth-order valence-corrected chi connectivity index (χ4v) is 3.76. The van der Waals surface area contributed by atoms with Gasteiger partial charge in [-0.05, 0) is 58.2 Å². The lowest BCUT2D eigenvalue weighted by atomic mass is 10.0. The third kappa shape index (κ3) is 4.19. The smallest absolute Gasteiger partial charge is 0.241 e. The van der Waals surface area contributed by atoms with E-state index in [0.29, 0.717) is 23.9 Å². The molecule has 21 heavy (non-hydrogen) atoms. The molecule has 1 heterocycles. The molecule has 1 aliphatic heterocycles. The highest BCUT2D eigenvalue weighted by Gasteiger charge is 2.43. The minimum absolute atomic E-state index is 0.0319. The first-order chi connectivity index (χ1) is 10.0. The van der Waals surface area contributed by atoms with E-state index < -0.39 is 0 Å². The van der Waals surface area contributed by atoms with E-state index in [-0.39, 0.29) is 6.04 Å². The molecule has 122 valence electrons. The largest absolute Gasteiger partial charge is 0.326 e. The van der Waals surface area contributed by atoms with Crippen molar-refractivity contribution in [1.29, 1.82) is 0 Å². The van der Waals surface area contributed by atoms with Crippen LogP contribution in [-0.2, 0) is 4.79 Å². The van der Waals surface area contributed by atoms with E-state index in [0.717, 1.165) is 19.5 Å². The van der Waals surface area contributed by atoms with E-state index in [4.69, 9.17) is 0 Å². The number of nitrogens with zero attached hydrogens (tertiary/aromatic N) is 2. The zero-order chi connectivity index (χ0) is 15.4. The van der Waals surface area contributed by atoms with Gasteiger partial charge in [0, 0.05) is 6.54 Å². The second-order valence-electron chi connectivity index (χ2n) is 7.42. The molecule has 1 amide bonds. The molecule has 1 saturated carbocycles. The maximum atomic E-state index is 12.7. The molecule has 2 atom stereocenters. The fraction of sp³-hybridized carbons (Fsp3) is 0.941. The van der Waals surface area contributed by atoms with Crippen molar-refractivity contribution in [3.63, 3.8) is 0 Å². The lowest BCUT2D eigenvalue weighted by molar-refractivity contribution is -0.131. The Kier molecular flexibility index (Phi) is 6.06. The van der Waals surface area contributed by atoms with Crippen molar-refractivity contribution in [3.8, 4) is 0 Å². The van der Waals surface area contributed by atoms with Crippen molar-refractivity contribution in [3.05, 3.63) is 0 Å². The molecule has 2 unspecified atom stereocenters. The third-order valence-electron chi connectivity index (χ3n) is 5.00. The molecular formula is C17H33N3O. The molecule has 0 spiro atoms. The van der Waals surface area contributed by atoms with Gasteiger partial charge >= 0.3 is 0 Å². The first kappa shape index (κ1) is 16.8. The molecule has 0 aromatic heterocycles. The summed E-state index contributed by atoms with van der Waals surface area (Å²) in [5, 5.41) is 3.65. The maximum Gasteiger partial charge on any atom is 0.241 e. The predicted molar refractivity (Wildman–Crippen MR) is 87.0 cm³/mol. The normalized spacial score (nSPS) is 27.5. The number of nitrogens with one attached hydrogen (secondary N) is 1. The van der Waals surface area contributed by atoms with Crippen molar-refractivity contribution >= 4 is 5.91 Å². The van der Waals surface area contributed by atoms with Crippen LogP contribution < -0.4 is 5.32 Å². The molecule has 0 bridgehead atoms. The first-order valence-electron chi connectivity index (χ1n) is 8.72. The van der Waals surface area contributed by atoms with Crippen LogP contribution in [0.3, 0.4) is 0 Å². The van der Waals surface area contributed by atoms with Gasteiger partial charge in [0.05, 0.1) is 12.2 Å². The summed E-state index contributed by atoms with van der Waals surface area (Å²) in [5.74, 6) is 1.39. The number of unbranched alkanes of at least 4 members (excludes halogenated alkanes) is 1. The Balaban J connectivity index is 1.94. The van der Waals surface area contributed by atoms with Gasteiger partial charge in [0.15, 0.2) is 0 Å². The lowest BCUT2D eigenvalue weighted by Gasteiger charge is -2.29. The average Bonchev–Trinajstić information content (AvgIpc) is 3.02. The van der Waals surface area contributed by atoms with Crippen molar-refractivity contribution < 1.29 is 4.79 Å². The van der Waals surface area contributed by atoms with Gasteiger partial charge in [-0.1, -0.05) is 26.7 Å². The van der Waals surface area contributed by atoms with Gasteiger partial charge < -0.3 is 9.80 Å². The summed E-state index contributed by atoms with van der Waals surface area (Å²) in [6.45, 7) is 6.33. The van der Waals surface area contributed by atoms with Crippen LogP contribution in [0.1, 0.15) is 52.4 Å². The standard InChI is InChI=1S/C17H33N3O/c1-13(2)15-17(21)20(12-8-7-11-19(3)4)16(18-15)14-9-5-6-10-14/h13-16,18H,5-12H2,1-4H3. The molecular weight excluding hydrogens is 262 g/mol. The van der Waals surface area contributed by atoms with E-state index in [1.807, 2.05) is 0 Å². The quantitative estimate of drug-likeness (QED) is 0.732. The van der Waals surface area contributed by atoms with E-state index in [1.54, 1.807) is 0 Å². The van der Waals surface area contributed by atoms with Gasteiger partial charge in [0.1, 0.15) is 0 Å². The topological polar surface area (TPSA) is 35.6 Å². The van der Waals surface area contributed by atoms with Crippen LogP contribution in [0, 0.1) is 11.8 Å². The van der Waals surface area contributed by atoms with Crippen LogP contribution in [0.4, 0.5) is 0 Å². The minimum atomic E-state index is 0.0319. The molecule has 0 radical (unpaired) electrons. The zero-order valence-corrected chi connectivity index (χ0v) is 14.3. The molecule has 4 heteroatoms. The summed E-state index contributed by atoms with van der Waals surface area (Å²) in [6, 6.07) is 0.0319. The summed E-state index contributed by atoms with van der Waals surface area (Å²) >= 11 is 0. The Hall–Kier alpha value is -0.610. The van der Waals surface area contributed by atoms with Crippen molar-refractivity contribution in [2.75, 3.05) is 27.2 Å². The van der Waals surface area contributed by atoms with Gasteiger partial charge in [0.25, 0.3) is 0 Å². The highest BCUT2D eigenvalue weighted by atomic mass is 16.2. The second kappa shape index (κ2) is 7.59. The van der Waals surface area contributed by atoms with Crippen LogP contribution in [0.15, 0.2) is 0 Å². The minimum Gasteiger partial charge on any atom is -0.326 e. The summed E-state index contributed by atoms with van der Waals surface area (Å²) in [4.78, 5) is 17.1. The van der Waals surface area contributed by atoms with Gasteiger partial charge in [-0.25, -0.2) is 0 Å². The van der Waals surface area contributed by atoms with Gasteiger partial charge in [-0.3, -0.25) is 10.1 Å². The number of carbonyl (C=O) groups excluding carboxylic acids is 1. The molecule has 1 N–H and O–H groups in total. The Morgan fingerprint density at radius 2 is 1.90 bits per heavy atom. The van der Waals surface area contributed by atoms with Crippen molar-refractivity contribution in [2.24, 2.45) is 11.8 Å². The van der Waals surface area contributed by atoms with Crippen molar-refractivity contribution in [1.82, 2.24) is 15.1 Å². The van der Waals surface area contributed by atoms with Crippen LogP contribution >= 0.6 is 0 Å². The van der Waals surface area contributed by atoms with E-state index in [1.165, 1.54) is 32.1 Å². The maximum absolute atomic E-state index is 12.7. The molecule has 2 fully saturated rings. The molecule has 1 aliphatic carbocycles. The molecule has 0 aromatic rings. The Morgan fingerprint density at radius 1 is 1.24 bits per heavy atom. The van der Waals surface area contributed by atoms with E-state index in [2.05, 4.69) is 43.1 Å². The summed E-state index contributed by atoms with van der Waals surface area (Å²) in [7, 11) is 4.22. The average molecular weight is 295 g/mol. The van der Waals surface area contributed by atoms with Crippen LogP contribution in [0.5, 0.6) is 0 Å². The first-order valence-corrected chi connectivity index (χ1v) is 8.72. The van der Waals surface area contributed by atoms with Crippen LogP contribution in [0.2, 0.25) is 0 Å². The molecule has 0 aromatic carbocycles. The zero-order valence-electron chi connectivity index (χ0n) is 14.3. The van der Waals surface area contributed by atoms with E-state index in [9.17, 15) is 4.79 Å². The summed E-state index contributed by atoms with van der Waals surface area (Å²) in [5.41, 5.74) is 0. The van der Waals surface area contributed by atoms with Gasteiger partial charge in [-0.15, -0.1) is 0 Å². The van der Waals surface area contributed by atoms with Gasteiger partial charge in [0.2, 0.25) is 5.91 Å². The highest BCUT2D eigenvalue weighted by molar-refractivity contribution is 5.84. The van der Waals surface area contributed by atoms with Crippen LogP contribution in [-0.4, -0.2) is 55.1 Å². The second-order valence-corrected chi connectivity index (χ2v) is 7.42.